The Morgan fingerprint density at radius 3 is 2.53 bits per heavy atom. The summed E-state index contributed by atoms with van der Waals surface area (Å²) in [6.07, 6.45) is 1.39. The second-order valence-corrected chi connectivity index (χ2v) is 3.42. The standard InChI is InChI=1S/C12H8F2N2O/c13-9-2-1-7(5-10(9)14)11-6-8(12(15)17)3-4-16-11/h1-6H,(H2,15,17). The predicted molar refractivity (Wildman–Crippen MR) is 58.1 cm³/mol. The zero-order valence-corrected chi connectivity index (χ0v) is 8.65. The Morgan fingerprint density at radius 2 is 1.88 bits per heavy atom. The summed E-state index contributed by atoms with van der Waals surface area (Å²) in [4.78, 5) is 14.9. The van der Waals surface area contributed by atoms with Crippen molar-refractivity contribution in [1.82, 2.24) is 4.98 Å². The number of primary amides is 1. The largest absolute Gasteiger partial charge is 0.366 e. The molecule has 0 unspecified atom stereocenters. The number of halogens is 2. The van der Waals surface area contributed by atoms with Crippen molar-refractivity contribution >= 4 is 5.91 Å². The third kappa shape index (κ3) is 2.28. The first-order valence-corrected chi connectivity index (χ1v) is 4.79. The van der Waals surface area contributed by atoms with Crippen LogP contribution >= 0.6 is 0 Å². The van der Waals surface area contributed by atoms with E-state index in [1.165, 1.54) is 24.4 Å². The topological polar surface area (TPSA) is 56.0 Å². The van der Waals surface area contributed by atoms with E-state index in [0.29, 0.717) is 11.3 Å². The summed E-state index contributed by atoms with van der Waals surface area (Å²) in [5.41, 5.74) is 6.12. The summed E-state index contributed by atoms with van der Waals surface area (Å²) < 4.78 is 25.8. The monoisotopic (exact) mass is 234 g/mol. The van der Waals surface area contributed by atoms with Crippen LogP contribution in [0.25, 0.3) is 11.3 Å². The summed E-state index contributed by atoms with van der Waals surface area (Å²) in [7, 11) is 0. The lowest BCUT2D eigenvalue weighted by molar-refractivity contribution is 0.1000. The molecule has 0 bridgehead atoms. The summed E-state index contributed by atoms with van der Waals surface area (Å²) in [5, 5.41) is 0. The highest BCUT2D eigenvalue weighted by Crippen LogP contribution is 2.20. The maximum Gasteiger partial charge on any atom is 0.248 e. The van der Waals surface area contributed by atoms with Gasteiger partial charge in [-0.1, -0.05) is 0 Å². The zero-order valence-electron chi connectivity index (χ0n) is 8.65. The van der Waals surface area contributed by atoms with Crippen LogP contribution < -0.4 is 5.73 Å². The number of hydrogen-bond acceptors (Lipinski definition) is 2. The number of carbonyl (C=O) groups is 1. The lowest BCUT2D eigenvalue weighted by atomic mass is 10.1. The molecule has 0 fully saturated rings. The average Bonchev–Trinajstić information content (AvgIpc) is 2.33. The van der Waals surface area contributed by atoms with Crippen molar-refractivity contribution in [3.63, 3.8) is 0 Å². The minimum absolute atomic E-state index is 0.264. The van der Waals surface area contributed by atoms with Crippen molar-refractivity contribution in [2.45, 2.75) is 0 Å². The first kappa shape index (κ1) is 11.2. The van der Waals surface area contributed by atoms with Gasteiger partial charge in [-0.15, -0.1) is 0 Å². The molecular formula is C12H8F2N2O. The van der Waals surface area contributed by atoms with Gasteiger partial charge in [0.2, 0.25) is 5.91 Å². The molecule has 17 heavy (non-hydrogen) atoms. The van der Waals surface area contributed by atoms with E-state index < -0.39 is 17.5 Å². The summed E-state index contributed by atoms with van der Waals surface area (Å²) >= 11 is 0. The quantitative estimate of drug-likeness (QED) is 0.865. The highest BCUT2D eigenvalue weighted by Gasteiger charge is 2.07. The lowest BCUT2D eigenvalue weighted by Crippen LogP contribution is -2.11. The third-order valence-electron chi connectivity index (χ3n) is 2.26. The fourth-order valence-corrected chi connectivity index (χ4v) is 1.40. The van der Waals surface area contributed by atoms with Crippen LogP contribution in [0.15, 0.2) is 36.5 Å². The molecule has 0 saturated carbocycles. The molecule has 2 rings (SSSR count). The van der Waals surface area contributed by atoms with E-state index in [0.717, 1.165) is 12.1 Å². The van der Waals surface area contributed by atoms with E-state index in [9.17, 15) is 13.6 Å². The van der Waals surface area contributed by atoms with Crippen LogP contribution in [0.5, 0.6) is 0 Å². The van der Waals surface area contributed by atoms with E-state index in [1.807, 2.05) is 0 Å². The minimum atomic E-state index is -0.964. The summed E-state index contributed by atoms with van der Waals surface area (Å²) in [6.45, 7) is 0. The van der Waals surface area contributed by atoms with Gasteiger partial charge < -0.3 is 5.73 Å². The van der Waals surface area contributed by atoms with Crippen LogP contribution in [0.3, 0.4) is 0 Å². The highest BCUT2D eigenvalue weighted by molar-refractivity contribution is 5.93. The first-order valence-electron chi connectivity index (χ1n) is 4.79. The molecule has 5 heteroatoms. The van der Waals surface area contributed by atoms with Gasteiger partial charge in [0.15, 0.2) is 11.6 Å². The molecule has 0 saturated heterocycles. The van der Waals surface area contributed by atoms with Gasteiger partial charge in [0.1, 0.15) is 0 Å². The van der Waals surface area contributed by atoms with Crippen molar-refractivity contribution < 1.29 is 13.6 Å². The van der Waals surface area contributed by atoms with Crippen molar-refractivity contribution in [3.8, 4) is 11.3 Å². The van der Waals surface area contributed by atoms with Gasteiger partial charge in [-0.25, -0.2) is 8.78 Å². The Kier molecular flexibility index (Phi) is 2.82. The van der Waals surface area contributed by atoms with Crippen molar-refractivity contribution in [2.75, 3.05) is 0 Å². The lowest BCUT2D eigenvalue weighted by Gasteiger charge is -2.03. The van der Waals surface area contributed by atoms with Crippen LogP contribution in [0.2, 0.25) is 0 Å². The van der Waals surface area contributed by atoms with Crippen LogP contribution in [0, 0.1) is 11.6 Å². The Morgan fingerprint density at radius 1 is 1.12 bits per heavy atom. The molecule has 0 aliphatic rings. The molecule has 0 atom stereocenters. The average molecular weight is 234 g/mol. The third-order valence-corrected chi connectivity index (χ3v) is 2.26. The van der Waals surface area contributed by atoms with Crippen molar-refractivity contribution in [3.05, 3.63) is 53.7 Å². The van der Waals surface area contributed by atoms with E-state index in [-0.39, 0.29) is 5.56 Å². The molecule has 0 aliphatic heterocycles. The predicted octanol–water partition coefficient (Wildman–Crippen LogP) is 2.13. The fourth-order valence-electron chi connectivity index (χ4n) is 1.40. The Bertz CT molecular complexity index is 584. The first-order chi connectivity index (χ1) is 8.08. The molecule has 86 valence electrons. The van der Waals surface area contributed by atoms with Gasteiger partial charge >= 0.3 is 0 Å². The van der Waals surface area contributed by atoms with Gasteiger partial charge in [0.05, 0.1) is 5.69 Å². The van der Waals surface area contributed by atoms with E-state index >= 15 is 0 Å². The minimum Gasteiger partial charge on any atom is -0.366 e. The SMILES string of the molecule is NC(=O)c1ccnc(-c2ccc(F)c(F)c2)c1. The number of nitrogens with two attached hydrogens (primary N) is 1. The number of aromatic nitrogens is 1. The molecule has 1 aromatic carbocycles. The Labute approximate surface area is 95.9 Å². The van der Waals surface area contributed by atoms with E-state index in [1.54, 1.807) is 0 Å². The number of pyridine rings is 1. The van der Waals surface area contributed by atoms with Crippen molar-refractivity contribution in [1.29, 1.82) is 0 Å². The zero-order chi connectivity index (χ0) is 12.4. The van der Waals surface area contributed by atoms with Gasteiger partial charge in [-0.2, -0.15) is 0 Å². The summed E-state index contributed by atoms with van der Waals surface area (Å²) in [6, 6.07) is 6.28. The van der Waals surface area contributed by atoms with Gasteiger partial charge in [-0.05, 0) is 30.3 Å². The molecule has 0 aliphatic carbocycles. The molecule has 3 nitrogen and oxygen atoms in total. The second kappa shape index (κ2) is 4.29. The molecular weight excluding hydrogens is 226 g/mol. The summed E-state index contributed by atoms with van der Waals surface area (Å²) in [5.74, 6) is -2.50. The van der Waals surface area contributed by atoms with Gasteiger partial charge in [0, 0.05) is 17.3 Å². The number of benzene rings is 1. The number of hydrogen-bond donors (Lipinski definition) is 1. The molecule has 0 spiro atoms. The van der Waals surface area contributed by atoms with E-state index in [4.69, 9.17) is 5.73 Å². The maximum atomic E-state index is 13.0. The van der Waals surface area contributed by atoms with Crippen LogP contribution in [0.1, 0.15) is 10.4 Å². The normalized spacial score (nSPS) is 10.2. The smallest absolute Gasteiger partial charge is 0.248 e. The van der Waals surface area contributed by atoms with Gasteiger partial charge in [0.25, 0.3) is 0 Å². The number of carbonyl (C=O) groups excluding carboxylic acids is 1. The Balaban J connectivity index is 2.49. The molecule has 1 heterocycles. The second-order valence-electron chi connectivity index (χ2n) is 3.42. The molecule has 2 aromatic rings. The van der Waals surface area contributed by atoms with Crippen LogP contribution in [-0.4, -0.2) is 10.9 Å². The number of nitrogens with zero attached hydrogens (tertiary/aromatic N) is 1. The maximum absolute atomic E-state index is 13.0. The fraction of sp³-hybridized carbons (Fsp3) is 0. The number of rotatable bonds is 2. The van der Waals surface area contributed by atoms with Crippen LogP contribution in [-0.2, 0) is 0 Å². The molecule has 1 amide bonds. The van der Waals surface area contributed by atoms with Crippen LogP contribution in [0.4, 0.5) is 8.78 Å². The molecule has 0 radical (unpaired) electrons. The van der Waals surface area contributed by atoms with Crippen molar-refractivity contribution in [2.24, 2.45) is 5.73 Å². The van der Waals surface area contributed by atoms with Gasteiger partial charge in [-0.3, -0.25) is 9.78 Å². The van der Waals surface area contributed by atoms with E-state index in [2.05, 4.69) is 4.98 Å². The highest BCUT2D eigenvalue weighted by atomic mass is 19.2. The molecule has 2 N–H and O–H groups in total. The Hall–Kier alpha value is -2.30. The molecule has 1 aromatic heterocycles. The number of amides is 1.